The molecule has 9 heteroatoms. The molecule has 146 valence electrons. The summed E-state index contributed by atoms with van der Waals surface area (Å²) in [7, 11) is -1.12. The summed E-state index contributed by atoms with van der Waals surface area (Å²) in [5.41, 5.74) is 1.55. The number of rotatable bonds is 7. The van der Waals surface area contributed by atoms with Crippen molar-refractivity contribution in [3.8, 4) is 0 Å². The molecule has 0 fully saturated rings. The second-order valence-electron chi connectivity index (χ2n) is 6.30. The summed E-state index contributed by atoms with van der Waals surface area (Å²) in [5, 5.41) is 11.5. The van der Waals surface area contributed by atoms with Gasteiger partial charge < -0.3 is 14.8 Å². The molecule has 0 saturated carbocycles. The molecule has 27 heavy (non-hydrogen) atoms. The summed E-state index contributed by atoms with van der Waals surface area (Å²) >= 11 is 0. The van der Waals surface area contributed by atoms with E-state index >= 15 is 0 Å². The number of carbonyl (C=O) groups excluding carboxylic acids is 1. The minimum Gasteiger partial charge on any atom is -0.481 e. The third kappa shape index (κ3) is 4.55. The molecule has 2 rings (SSSR count). The van der Waals surface area contributed by atoms with Gasteiger partial charge in [-0.15, -0.1) is 0 Å². The minimum atomic E-state index is -3.83. The maximum Gasteiger partial charge on any atom is 0.305 e. The van der Waals surface area contributed by atoms with Gasteiger partial charge in [-0.3, -0.25) is 9.59 Å². The number of nitrogens with one attached hydrogen (secondary N) is 1. The molecule has 1 amide bonds. The second kappa shape index (κ2) is 7.93. The average Bonchev–Trinajstić information content (AvgIpc) is 2.96. The molecule has 1 heterocycles. The van der Waals surface area contributed by atoms with Crippen LogP contribution in [-0.2, 0) is 14.8 Å². The third-order valence-corrected chi connectivity index (χ3v) is 5.79. The Morgan fingerprint density at radius 2 is 1.85 bits per heavy atom. The smallest absolute Gasteiger partial charge is 0.305 e. The van der Waals surface area contributed by atoms with Gasteiger partial charge in [-0.25, -0.2) is 12.7 Å². The van der Waals surface area contributed by atoms with Gasteiger partial charge in [-0.05, 0) is 25.0 Å². The van der Waals surface area contributed by atoms with Crippen molar-refractivity contribution in [1.82, 2.24) is 9.62 Å². The van der Waals surface area contributed by atoms with Crippen LogP contribution in [0.15, 0.2) is 39.8 Å². The first-order valence-corrected chi connectivity index (χ1v) is 9.59. The van der Waals surface area contributed by atoms with E-state index in [1.807, 2.05) is 19.1 Å². The summed E-state index contributed by atoms with van der Waals surface area (Å²) in [6, 6.07) is 7.52. The zero-order valence-corrected chi connectivity index (χ0v) is 16.3. The van der Waals surface area contributed by atoms with Crippen LogP contribution in [0.25, 0.3) is 0 Å². The van der Waals surface area contributed by atoms with Crippen LogP contribution in [0, 0.1) is 13.8 Å². The molecule has 2 N–H and O–H groups in total. The standard InChI is InChI=1S/C18H22N2O6S/c1-11-7-5-6-8-13(11)15(10-16(21)22)19-18(23)14-9-17(26-12(14)2)27(24,25)20(3)4/h5-9,15H,10H2,1-4H3,(H,19,23)(H,21,22). The number of hydrogen-bond acceptors (Lipinski definition) is 5. The van der Waals surface area contributed by atoms with Crippen LogP contribution in [-0.4, -0.2) is 43.8 Å². The van der Waals surface area contributed by atoms with E-state index in [-0.39, 0.29) is 22.8 Å². The quantitative estimate of drug-likeness (QED) is 0.743. The van der Waals surface area contributed by atoms with Crippen molar-refractivity contribution in [2.45, 2.75) is 31.4 Å². The fraction of sp³-hybridized carbons (Fsp3) is 0.333. The van der Waals surface area contributed by atoms with Crippen molar-refractivity contribution in [2.24, 2.45) is 0 Å². The number of carbonyl (C=O) groups is 2. The molecule has 0 radical (unpaired) electrons. The van der Waals surface area contributed by atoms with Crippen molar-refractivity contribution in [3.63, 3.8) is 0 Å². The minimum absolute atomic E-state index is 0.0411. The lowest BCUT2D eigenvalue weighted by Crippen LogP contribution is -2.30. The number of hydrogen-bond donors (Lipinski definition) is 2. The molecule has 0 spiro atoms. The lowest BCUT2D eigenvalue weighted by atomic mass is 9.98. The van der Waals surface area contributed by atoms with Crippen LogP contribution in [0.3, 0.4) is 0 Å². The first kappa shape index (κ1) is 20.7. The molecule has 0 aliphatic carbocycles. The average molecular weight is 394 g/mol. The number of carboxylic acids is 1. The van der Waals surface area contributed by atoms with Gasteiger partial charge in [0.05, 0.1) is 18.0 Å². The van der Waals surface area contributed by atoms with Crippen LogP contribution >= 0.6 is 0 Å². The number of aliphatic carboxylic acids is 1. The number of amides is 1. The van der Waals surface area contributed by atoms with Gasteiger partial charge in [-0.2, -0.15) is 0 Å². The maximum absolute atomic E-state index is 12.7. The van der Waals surface area contributed by atoms with Gasteiger partial charge in [0.15, 0.2) is 0 Å². The Bertz CT molecular complexity index is 962. The first-order valence-electron chi connectivity index (χ1n) is 8.15. The summed E-state index contributed by atoms with van der Waals surface area (Å²) in [4.78, 5) is 23.9. The Kier molecular flexibility index (Phi) is 6.07. The van der Waals surface area contributed by atoms with Gasteiger partial charge in [0.2, 0.25) is 5.09 Å². The highest BCUT2D eigenvalue weighted by molar-refractivity contribution is 7.88. The Labute approximate surface area is 157 Å². The van der Waals surface area contributed by atoms with Gasteiger partial charge in [0.1, 0.15) is 5.76 Å². The van der Waals surface area contributed by atoms with Gasteiger partial charge in [0.25, 0.3) is 15.9 Å². The zero-order valence-electron chi connectivity index (χ0n) is 15.5. The van der Waals surface area contributed by atoms with Crippen molar-refractivity contribution in [3.05, 3.63) is 52.8 Å². The maximum atomic E-state index is 12.7. The number of benzene rings is 1. The summed E-state index contributed by atoms with van der Waals surface area (Å²) in [6.45, 7) is 3.30. The van der Waals surface area contributed by atoms with Crippen molar-refractivity contribution >= 4 is 21.9 Å². The van der Waals surface area contributed by atoms with Gasteiger partial charge >= 0.3 is 5.97 Å². The molecule has 0 saturated heterocycles. The van der Waals surface area contributed by atoms with E-state index in [9.17, 15) is 23.1 Å². The molecular weight excluding hydrogens is 372 g/mol. The number of furan rings is 1. The highest BCUT2D eigenvalue weighted by Gasteiger charge is 2.27. The lowest BCUT2D eigenvalue weighted by molar-refractivity contribution is -0.137. The molecular formula is C18H22N2O6S. The van der Waals surface area contributed by atoms with Gasteiger partial charge in [0, 0.05) is 20.2 Å². The van der Waals surface area contributed by atoms with E-state index < -0.39 is 27.9 Å². The van der Waals surface area contributed by atoms with E-state index in [4.69, 9.17) is 4.42 Å². The molecule has 2 aromatic rings. The van der Waals surface area contributed by atoms with Crippen LogP contribution < -0.4 is 5.32 Å². The van der Waals surface area contributed by atoms with Gasteiger partial charge in [-0.1, -0.05) is 24.3 Å². The molecule has 1 unspecified atom stereocenters. The Morgan fingerprint density at radius 3 is 2.41 bits per heavy atom. The molecule has 8 nitrogen and oxygen atoms in total. The molecule has 1 aromatic heterocycles. The fourth-order valence-electron chi connectivity index (χ4n) is 2.61. The highest BCUT2D eigenvalue weighted by Crippen LogP contribution is 2.24. The third-order valence-electron chi connectivity index (χ3n) is 4.12. The number of carboxylic acid groups (broad SMARTS) is 1. The number of sulfonamides is 1. The van der Waals surface area contributed by atoms with Crippen molar-refractivity contribution in [1.29, 1.82) is 0 Å². The number of nitrogens with zero attached hydrogens (tertiary/aromatic N) is 1. The molecule has 0 aliphatic rings. The number of aryl methyl sites for hydroxylation is 2. The molecule has 0 bridgehead atoms. The van der Waals surface area contributed by atoms with E-state index in [0.29, 0.717) is 5.56 Å². The monoisotopic (exact) mass is 394 g/mol. The second-order valence-corrected chi connectivity index (χ2v) is 8.39. The van der Waals surface area contributed by atoms with Crippen LogP contribution in [0.5, 0.6) is 0 Å². The van der Waals surface area contributed by atoms with E-state index in [0.717, 1.165) is 15.9 Å². The van der Waals surface area contributed by atoms with Crippen LogP contribution in [0.4, 0.5) is 0 Å². The zero-order chi connectivity index (χ0) is 20.4. The van der Waals surface area contributed by atoms with Crippen LogP contribution in [0.2, 0.25) is 0 Å². The normalized spacial score (nSPS) is 12.8. The summed E-state index contributed by atoms with van der Waals surface area (Å²) < 4.78 is 30.6. The predicted molar refractivity (Wildman–Crippen MR) is 98.0 cm³/mol. The molecule has 0 aliphatic heterocycles. The SMILES string of the molecule is Cc1ccccc1C(CC(=O)O)NC(=O)c1cc(S(=O)(=O)N(C)C)oc1C. The summed E-state index contributed by atoms with van der Waals surface area (Å²) in [6.07, 6.45) is -0.309. The Balaban J connectivity index is 2.35. The first-order chi connectivity index (χ1) is 12.5. The Morgan fingerprint density at radius 1 is 1.22 bits per heavy atom. The highest BCUT2D eigenvalue weighted by atomic mass is 32.2. The van der Waals surface area contributed by atoms with E-state index in [1.54, 1.807) is 12.1 Å². The predicted octanol–water partition coefficient (Wildman–Crippen LogP) is 2.09. The Hall–Kier alpha value is -2.65. The van der Waals surface area contributed by atoms with Crippen molar-refractivity contribution in [2.75, 3.05) is 14.1 Å². The fourth-order valence-corrected chi connectivity index (χ4v) is 3.47. The topological polar surface area (TPSA) is 117 Å². The van der Waals surface area contributed by atoms with Crippen LogP contribution in [0.1, 0.15) is 39.7 Å². The molecule has 1 aromatic carbocycles. The molecule has 1 atom stereocenters. The van der Waals surface area contributed by atoms with E-state index in [1.165, 1.54) is 21.0 Å². The van der Waals surface area contributed by atoms with E-state index in [2.05, 4.69) is 5.32 Å². The van der Waals surface area contributed by atoms with Crippen molar-refractivity contribution < 1.29 is 27.5 Å². The largest absolute Gasteiger partial charge is 0.481 e. The summed E-state index contributed by atoms with van der Waals surface area (Å²) in [5.74, 6) is -1.54. The lowest BCUT2D eigenvalue weighted by Gasteiger charge is -2.19.